The van der Waals surface area contributed by atoms with Crippen molar-refractivity contribution in [2.45, 2.75) is 63.8 Å². The monoisotopic (exact) mass is 289 g/mol. The molecule has 0 unspecified atom stereocenters. The van der Waals surface area contributed by atoms with Crippen LogP contribution in [0.2, 0.25) is 0 Å². The van der Waals surface area contributed by atoms with Gasteiger partial charge in [0.2, 0.25) is 0 Å². The molecule has 1 saturated carbocycles. The van der Waals surface area contributed by atoms with Gasteiger partial charge in [0.05, 0.1) is 13.2 Å². The van der Waals surface area contributed by atoms with E-state index in [0.29, 0.717) is 12.0 Å². The number of benzene rings is 1. The molecule has 0 amide bonds. The van der Waals surface area contributed by atoms with Crippen molar-refractivity contribution < 1.29 is 9.47 Å². The Bertz CT molecular complexity index is 439. The highest BCUT2D eigenvalue weighted by molar-refractivity contribution is 5.24. The van der Waals surface area contributed by atoms with E-state index in [-0.39, 0.29) is 5.79 Å². The van der Waals surface area contributed by atoms with Crippen LogP contribution < -0.4 is 5.32 Å². The summed E-state index contributed by atoms with van der Waals surface area (Å²) in [7, 11) is 0. The molecule has 1 aliphatic carbocycles. The highest BCUT2D eigenvalue weighted by Gasteiger charge is 2.40. The number of ether oxygens (including phenoxy) is 2. The average molecular weight is 289 g/mol. The van der Waals surface area contributed by atoms with Gasteiger partial charge in [-0.25, -0.2) is 0 Å². The van der Waals surface area contributed by atoms with Crippen LogP contribution >= 0.6 is 0 Å². The lowest BCUT2D eigenvalue weighted by molar-refractivity contribution is -0.179. The Morgan fingerprint density at radius 1 is 1.10 bits per heavy atom. The van der Waals surface area contributed by atoms with Gasteiger partial charge in [-0.1, -0.05) is 38.1 Å². The Morgan fingerprint density at radius 2 is 1.71 bits per heavy atom. The lowest BCUT2D eigenvalue weighted by Crippen LogP contribution is -2.41. The average Bonchev–Trinajstić information content (AvgIpc) is 2.95. The zero-order chi connectivity index (χ0) is 14.7. The lowest BCUT2D eigenvalue weighted by Gasteiger charge is -2.35. The molecule has 1 aliphatic heterocycles. The summed E-state index contributed by atoms with van der Waals surface area (Å²) < 4.78 is 11.6. The molecule has 2 aliphatic rings. The molecule has 1 aromatic rings. The maximum atomic E-state index is 5.78. The van der Waals surface area contributed by atoms with E-state index >= 15 is 0 Å². The van der Waals surface area contributed by atoms with Crippen LogP contribution in [0, 0.1) is 0 Å². The minimum atomic E-state index is -0.239. The first-order valence-corrected chi connectivity index (χ1v) is 8.27. The first-order chi connectivity index (χ1) is 10.2. The van der Waals surface area contributed by atoms with Crippen molar-refractivity contribution in [3.63, 3.8) is 0 Å². The second kappa shape index (κ2) is 6.47. The second-order valence-corrected chi connectivity index (χ2v) is 6.66. The Morgan fingerprint density at radius 3 is 2.29 bits per heavy atom. The Kier molecular flexibility index (Phi) is 4.63. The highest BCUT2D eigenvalue weighted by atomic mass is 16.7. The maximum Gasteiger partial charge on any atom is 0.168 e. The van der Waals surface area contributed by atoms with Crippen molar-refractivity contribution in [3.8, 4) is 0 Å². The van der Waals surface area contributed by atoms with Crippen molar-refractivity contribution >= 4 is 0 Å². The second-order valence-electron chi connectivity index (χ2n) is 6.66. The van der Waals surface area contributed by atoms with Gasteiger partial charge in [-0.15, -0.1) is 0 Å². The van der Waals surface area contributed by atoms with Crippen molar-refractivity contribution in [3.05, 3.63) is 35.4 Å². The molecule has 0 bridgehead atoms. The molecule has 3 nitrogen and oxygen atoms in total. The third-order valence-electron chi connectivity index (χ3n) is 4.80. The highest BCUT2D eigenvalue weighted by Crippen LogP contribution is 2.35. The molecule has 3 rings (SSSR count). The molecule has 3 heteroatoms. The van der Waals surface area contributed by atoms with Crippen LogP contribution in [0.1, 0.15) is 56.6 Å². The third kappa shape index (κ3) is 3.65. The third-order valence-corrected chi connectivity index (χ3v) is 4.80. The van der Waals surface area contributed by atoms with Crippen LogP contribution in [0.15, 0.2) is 24.3 Å². The SMILES string of the molecule is CC(C)c1ccc(CNC2CCC3(CC2)OCCO3)cc1. The van der Waals surface area contributed by atoms with Crippen LogP contribution in [0.3, 0.4) is 0 Å². The first kappa shape index (κ1) is 15.0. The van der Waals surface area contributed by atoms with Gasteiger partial charge in [0.1, 0.15) is 0 Å². The van der Waals surface area contributed by atoms with Gasteiger partial charge >= 0.3 is 0 Å². The van der Waals surface area contributed by atoms with Crippen LogP contribution in [0.25, 0.3) is 0 Å². The van der Waals surface area contributed by atoms with Gasteiger partial charge in [0.25, 0.3) is 0 Å². The Labute approximate surface area is 128 Å². The summed E-state index contributed by atoms with van der Waals surface area (Å²) in [4.78, 5) is 0. The van der Waals surface area contributed by atoms with E-state index in [1.165, 1.54) is 11.1 Å². The van der Waals surface area contributed by atoms with Gasteiger partial charge in [-0.2, -0.15) is 0 Å². The molecule has 1 spiro atoms. The zero-order valence-corrected chi connectivity index (χ0v) is 13.2. The predicted octanol–water partition coefficient (Wildman–Crippen LogP) is 3.59. The van der Waals surface area contributed by atoms with Crippen molar-refractivity contribution in [1.29, 1.82) is 0 Å². The summed E-state index contributed by atoms with van der Waals surface area (Å²) in [5.41, 5.74) is 2.78. The smallest absolute Gasteiger partial charge is 0.168 e. The van der Waals surface area contributed by atoms with Crippen molar-refractivity contribution in [1.82, 2.24) is 5.32 Å². The van der Waals surface area contributed by atoms with Gasteiger partial charge in [0, 0.05) is 25.4 Å². The van der Waals surface area contributed by atoms with Crippen molar-refractivity contribution in [2.75, 3.05) is 13.2 Å². The van der Waals surface area contributed by atoms with E-state index in [0.717, 1.165) is 45.4 Å². The van der Waals surface area contributed by atoms with Crippen LogP contribution in [0.5, 0.6) is 0 Å². The van der Waals surface area contributed by atoms with Crippen LogP contribution in [-0.4, -0.2) is 25.0 Å². The Hall–Kier alpha value is -0.900. The summed E-state index contributed by atoms with van der Waals surface area (Å²) in [5, 5.41) is 3.68. The van der Waals surface area contributed by atoms with Crippen LogP contribution in [0.4, 0.5) is 0 Å². The number of hydrogen-bond donors (Lipinski definition) is 1. The summed E-state index contributed by atoms with van der Waals surface area (Å²) in [6, 6.07) is 9.58. The maximum absolute atomic E-state index is 5.78. The topological polar surface area (TPSA) is 30.5 Å². The largest absolute Gasteiger partial charge is 0.348 e. The lowest BCUT2D eigenvalue weighted by atomic mass is 9.90. The van der Waals surface area contributed by atoms with E-state index < -0.39 is 0 Å². The zero-order valence-electron chi connectivity index (χ0n) is 13.2. The van der Waals surface area contributed by atoms with Gasteiger partial charge in [-0.3, -0.25) is 0 Å². The minimum Gasteiger partial charge on any atom is -0.348 e. The summed E-state index contributed by atoms with van der Waals surface area (Å²) in [5.74, 6) is 0.366. The fraction of sp³-hybridized carbons (Fsp3) is 0.667. The molecule has 1 saturated heterocycles. The molecule has 1 aromatic carbocycles. The predicted molar refractivity (Wildman–Crippen MR) is 84.3 cm³/mol. The van der Waals surface area contributed by atoms with Gasteiger partial charge in [-0.05, 0) is 29.9 Å². The molecule has 0 radical (unpaired) electrons. The van der Waals surface area contributed by atoms with E-state index in [4.69, 9.17) is 9.47 Å². The molecular formula is C18H27NO2. The number of hydrogen-bond acceptors (Lipinski definition) is 3. The summed E-state index contributed by atoms with van der Waals surface area (Å²) >= 11 is 0. The standard InChI is InChI=1S/C18H27NO2/c1-14(2)16-5-3-15(4-6-16)13-19-17-7-9-18(10-8-17)20-11-12-21-18/h3-6,14,17,19H,7-13H2,1-2H3. The fourth-order valence-electron chi connectivity index (χ4n) is 3.33. The molecular weight excluding hydrogens is 262 g/mol. The van der Waals surface area contributed by atoms with Crippen LogP contribution in [-0.2, 0) is 16.0 Å². The summed E-state index contributed by atoms with van der Waals surface area (Å²) in [6.45, 7) is 6.95. The number of nitrogens with one attached hydrogen (secondary N) is 1. The normalized spacial score (nSPS) is 22.2. The number of rotatable bonds is 4. The van der Waals surface area contributed by atoms with E-state index in [1.54, 1.807) is 0 Å². The Balaban J connectivity index is 1.45. The molecule has 0 aromatic heterocycles. The molecule has 1 heterocycles. The first-order valence-electron chi connectivity index (χ1n) is 8.27. The van der Waals surface area contributed by atoms with Crippen molar-refractivity contribution in [2.24, 2.45) is 0 Å². The molecule has 21 heavy (non-hydrogen) atoms. The van der Waals surface area contributed by atoms with E-state index in [1.807, 2.05) is 0 Å². The van der Waals surface area contributed by atoms with E-state index in [2.05, 4.69) is 43.4 Å². The van der Waals surface area contributed by atoms with Gasteiger partial charge in [0.15, 0.2) is 5.79 Å². The molecule has 2 fully saturated rings. The van der Waals surface area contributed by atoms with E-state index in [9.17, 15) is 0 Å². The molecule has 116 valence electrons. The fourth-order valence-corrected chi connectivity index (χ4v) is 3.33. The minimum absolute atomic E-state index is 0.239. The molecule has 0 atom stereocenters. The quantitative estimate of drug-likeness (QED) is 0.919. The summed E-state index contributed by atoms with van der Waals surface area (Å²) in [6.07, 6.45) is 4.34. The van der Waals surface area contributed by atoms with Gasteiger partial charge < -0.3 is 14.8 Å². The molecule has 1 N–H and O–H groups in total.